The highest BCUT2D eigenvalue weighted by atomic mass is 16.2. The van der Waals surface area contributed by atoms with Gasteiger partial charge in [0.1, 0.15) is 6.04 Å². The molecule has 2 aliphatic heterocycles. The summed E-state index contributed by atoms with van der Waals surface area (Å²) in [5, 5.41) is 6.10. The average Bonchev–Trinajstić information content (AvgIpc) is 3.40. The molecule has 2 saturated carbocycles. The monoisotopic (exact) mass is 396 g/mol. The SMILES string of the molecule is NCC1(NCc2ccc3c(c2)CN(C2CCC(=O)NC2=O)C3=O)CC2CCC1C2. The van der Waals surface area contributed by atoms with Crippen molar-refractivity contribution >= 4 is 17.7 Å². The van der Waals surface area contributed by atoms with Crippen molar-refractivity contribution in [3.8, 4) is 0 Å². The molecule has 4 aliphatic rings. The first-order chi connectivity index (χ1) is 14.0. The van der Waals surface area contributed by atoms with E-state index in [4.69, 9.17) is 5.73 Å². The fraction of sp³-hybridized carbons (Fsp3) is 0.591. The van der Waals surface area contributed by atoms with Crippen LogP contribution in [-0.4, -0.2) is 40.7 Å². The van der Waals surface area contributed by atoms with Gasteiger partial charge in [0.2, 0.25) is 11.8 Å². The second-order valence-corrected chi connectivity index (χ2v) is 9.19. The zero-order valence-corrected chi connectivity index (χ0v) is 16.6. The predicted octanol–water partition coefficient (Wildman–Crippen LogP) is 1.05. The van der Waals surface area contributed by atoms with E-state index in [0.717, 1.165) is 23.6 Å². The van der Waals surface area contributed by atoms with E-state index in [-0.39, 0.29) is 29.7 Å². The summed E-state index contributed by atoms with van der Waals surface area (Å²) in [5.74, 6) is 0.733. The maximum absolute atomic E-state index is 12.8. The van der Waals surface area contributed by atoms with Crippen molar-refractivity contribution in [1.29, 1.82) is 0 Å². The minimum absolute atomic E-state index is 0.0521. The van der Waals surface area contributed by atoms with Gasteiger partial charge < -0.3 is 16.0 Å². The zero-order valence-electron chi connectivity index (χ0n) is 16.6. The highest BCUT2D eigenvalue weighted by Gasteiger charge is 2.49. The van der Waals surface area contributed by atoms with Gasteiger partial charge in [0.15, 0.2) is 0 Å². The number of carbonyl (C=O) groups is 3. The Morgan fingerprint density at radius 3 is 2.76 bits per heavy atom. The third-order valence-electron chi connectivity index (χ3n) is 7.57. The molecule has 5 rings (SSSR count). The molecule has 4 N–H and O–H groups in total. The van der Waals surface area contributed by atoms with Gasteiger partial charge in [0, 0.05) is 37.2 Å². The number of nitrogens with zero attached hydrogens (tertiary/aromatic N) is 1. The lowest BCUT2D eigenvalue weighted by atomic mass is 9.80. The lowest BCUT2D eigenvalue weighted by Crippen LogP contribution is -2.54. The molecule has 29 heavy (non-hydrogen) atoms. The van der Waals surface area contributed by atoms with Crippen molar-refractivity contribution in [3.05, 3.63) is 34.9 Å². The first-order valence-electron chi connectivity index (χ1n) is 10.7. The highest BCUT2D eigenvalue weighted by Crippen LogP contribution is 2.50. The minimum atomic E-state index is -0.566. The number of piperidine rings is 1. The van der Waals surface area contributed by atoms with E-state index in [2.05, 4.69) is 16.7 Å². The van der Waals surface area contributed by atoms with Gasteiger partial charge in [0.05, 0.1) is 0 Å². The number of hydrogen-bond acceptors (Lipinski definition) is 5. The topological polar surface area (TPSA) is 105 Å². The molecule has 3 amide bonds. The molecule has 2 heterocycles. The first kappa shape index (κ1) is 18.8. The number of rotatable bonds is 5. The fourth-order valence-corrected chi connectivity index (χ4v) is 6.00. The first-order valence-corrected chi connectivity index (χ1v) is 10.7. The van der Waals surface area contributed by atoms with Gasteiger partial charge in [-0.25, -0.2) is 0 Å². The van der Waals surface area contributed by atoms with Crippen molar-refractivity contribution in [2.75, 3.05) is 6.54 Å². The largest absolute Gasteiger partial charge is 0.329 e. The quantitative estimate of drug-likeness (QED) is 0.646. The number of carbonyl (C=O) groups excluding carboxylic acids is 3. The number of nitrogens with two attached hydrogens (primary N) is 1. The van der Waals surface area contributed by atoms with Crippen LogP contribution in [0.5, 0.6) is 0 Å². The Kier molecular flexibility index (Phi) is 4.47. The Hall–Kier alpha value is -2.25. The van der Waals surface area contributed by atoms with Crippen molar-refractivity contribution in [2.45, 2.75) is 63.2 Å². The maximum Gasteiger partial charge on any atom is 0.255 e. The molecule has 7 heteroatoms. The van der Waals surface area contributed by atoms with Crippen molar-refractivity contribution in [3.63, 3.8) is 0 Å². The van der Waals surface area contributed by atoms with E-state index < -0.39 is 6.04 Å². The van der Waals surface area contributed by atoms with E-state index in [1.165, 1.54) is 25.7 Å². The Labute approximate surface area is 170 Å². The number of amides is 3. The molecule has 1 aromatic carbocycles. The van der Waals surface area contributed by atoms with Crippen LogP contribution in [0.15, 0.2) is 18.2 Å². The molecule has 4 unspecified atom stereocenters. The number of imide groups is 1. The molecule has 3 fully saturated rings. The maximum atomic E-state index is 12.8. The summed E-state index contributed by atoms with van der Waals surface area (Å²) < 4.78 is 0. The highest BCUT2D eigenvalue weighted by molar-refractivity contribution is 6.05. The van der Waals surface area contributed by atoms with Crippen LogP contribution in [0.1, 0.15) is 60.0 Å². The molecule has 0 radical (unpaired) electrons. The van der Waals surface area contributed by atoms with Crippen LogP contribution < -0.4 is 16.4 Å². The molecule has 1 saturated heterocycles. The van der Waals surface area contributed by atoms with Crippen LogP contribution in [0.3, 0.4) is 0 Å². The number of fused-ring (bicyclic) bond motifs is 3. The minimum Gasteiger partial charge on any atom is -0.329 e. The number of benzene rings is 1. The summed E-state index contributed by atoms with van der Waals surface area (Å²) in [6.07, 6.45) is 5.74. The van der Waals surface area contributed by atoms with Gasteiger partial charge in [-0.3, -0.25) is 19.7 Å². The van der Waals surface area contributed by atoms with E-state index in [1.807, 2.05) is 12.1 Å². The van der Waals surface area contributed by atoms with Crippen LogP contribution in [0.25, 0.3) is 0 Å². The van der Waals surface area contributed by atoms with Gasteiger partial charge in [0.25, 0.3) is 5.91 Å². The molecule has 0 spiro atoms. The summed E-state index contributed by atoms with van der Waals surface area (Å²) in [7, 11) is 0. The summed E-state index contributed by atoms with van der Waals surface area (Å²) in [4.78, 5) is 38.0. The molecule has 4 atom stereocenters. The summed E-state index contributed by atoms with van der Waals surface area (Å²) >= 11 is 0. The summed E-state index contributed by atoms with van der Waals surface area (Å²) in [5.41, 5.74) is 8.98. The molecule has 1 aromatic rings. The van der Waals surface area contributed by atoms with Gasteiger partial charge in [-0.15, -0.1) is 0 Å². The summed E-state index contributed by atoms with van der Waals surface area (Å²) in [6.45, 7) is 1.82. The second kappa shape index (κ2) is 6.92. The van der Waals surface area contributed by atoms with Crippen LogP contribution in [0, 0.1) is 11.8 Å². The van der Waals surface area contributed by atoms with E-state index in [1.54, 1.807) is 4.90 Å². The van der Waals surface area contributed by atoms with Crippen LogP contribution in [0.4, 0.5) is 0 Å². The van der Waals surface area contributed by atoms with Gasteiger partial charge in [-0.05, 0) is 54.7 Å². The summed E-state index contributed by atoms with van der Waals surface area (Å²) in [6, 6.07) is 5.37. The van der Waals surface area contributed by atoms with Crippen LogP contribution in [-0.2, 0) is 22.7 Å². The average molecular weight is 396 g/mol. The zero-order chi connectivity index (χ0) is 20.2. The van der Waals surface area contributed by atoms with Gasteiger partial charge >= 0.3 is 0 Å². The molecule has 154 valence electrons. The molecule has 2 aliphatic carbocycles. The van der Waals surface area contributed by atoms with E-state index in [0.29, 0.717) is 31.0 Å². The van der Waals surface area contributed by atoms with E-state index in [9.17, 15) is 14.4 Å². The van der Waals surface area contributed by atoms with Crippen molar-refractivity contribution in [1.82, 2.24) is 15.5 Å². The Morgan fingerprint density at radius 1 is 1.21 bits per heavy atom. The third kappa shape index (κ3) is 3.07. The normalized spacial score (nSPS) is 33.3. The van der Waals surface area contributed by atoms with Gasteiger partial charge in [-0.2, -0.15) is 0 Å². The fourth-order valence-electron chi connectivity index (χ4n) is 6.00. The lowest BCUT2D eigenvalue weighted by Gasteiger charge is -2.38. The molecule has 0 aromatic heterocycles. The Bertz CT molecular complexity index is 885. The van der Waals surface area contributed by atoms with E-state index >= 15 is 0 Å². The predicted molar refractivity (Wildman–Crippen MR) is 107 cm³/mol. The molecule has 7 nitrogen and oxygen atoms in total. The van der Waals surface area contributed by atoms with Crippen molar-refractivity contribution < 1.29 is 14.4 Å². The second-order valence-electron chi connectivity index (χ2n) is 9.19. The Balaban J connectivity index is 1.29. The Morgan fingerprint density at radius 2 is 2.07 bits per heavy atom. The number of nitrogens with one attached hydrogen (secondary N) is 2. The standard InChI is InChI=1S/C22H28N4O3/c23-12-22(9-13-1-3-16(22)8-13)24-10-14-2-4-17-15(7-14)11-26(21(17)29)18-5-6-19(27)25-20(18)28/h2,4,7,13,16,18,24H,1,3,5-6,8-12,23H2,(H,25,27,28). The van der Waals surface area contributed by atoms with Crippen molar-refractivity contribution in [2.24, 2.45) is 17.6 Å². The lowest BCUT2D eigenvalue weighted by molar-refractivity contribution is -0.136. The molecular weight excluding hydrogens is 368 g/mol. The van der Waals surface area contributed by atoms with Gasteiger partial charge in [-0.1, -0.05) is 18.6 Å². The smallest absolute Gasteiger partial charge is 0.255 e. The third-order valence-corrected chi connectivity index (χ3v) is 7.57. The molecular formula is C22H28N4O3. The number of hydrogen-bond donors (Lipinski definition) is 3. The van der Waals surface area contributed by atoms with Crippen LogP contribution in [0.2, 0.25) is 0 Å². The molecule has 2 bridgehead atoms. The van der Waals surface area contributed by atoms with Crippen LogP contribution >= 0.6 is 0 Å².